The maximum Gasteiger partial charge on any atom is 0.407 e. The molecular weight excluding hydrogens is 412 g/mol. The van der Waals surface area contributed by atoms with E-state index in [-0.39, 0.29) is 25.6 Å². The number of aliphatic carboxylic acids is 1. The van der Waals surface area contributed by atoms with Gasteiger partial charge in [0.2, 0.25) is 5.91 Å². The van der Waals surface area contributed by atoms with E-state index < -0.39 is 24.0 Å². The van der Waals surface area contributed by atoms with Crippen molar-refractivity contribution in [1.82, 2.24) is 10.6 Å². The quantitative estimate of drug-likeness (QED) is 0.463. The van der Waals surface area contributed by atoms with Crippen molar-refractivity contribution in [2.75, 3.05) is 26.9 Å². The summed E-state index contributed by atoms with van der Waals surface area (Å²) in [4.78, 5) is 35.3. The van der Waals surface area contributed by atoms with Crippen LogP contribution in [0.1, 0.15) is 36.3 Å². The van der Waals surface area contributed by atoms with Gasteiger partial charge in [0.05, 0.1) is 6.61 Å². The van der Waals surface area contributed by atoms with Crippen molar-refractivity contribution < 1.29 is 29.0 Å². The lowest BCUT2D eigenvalue weighted by atomic mass is 9.98. The minimum Gasteiger partial charge on any atom is -0.481 e. The van der Waals surface area contributed by atoms with E-state index in [4.69, 9.17) is 14.6 Å². The lowest BCUT2D eigenvalue weighted by Gasteiger charge is -2.19. The lowest BCUT2D eigenvalue weighted by Crippen LogP contribution is -2.49. The van der Waals surface area contributed by atoms with Crippen LogP contribution in [0.5, 0.6) is 0 Å². The van der Waals surface area contributed by atoms with Gasteiger partial charge >= 0.3 is 12.1 Å². The molecule has 2 amide bonds. The molecule has 1 atom stereocenters. The van der Waals surface area contributed by atoms with Gasteiger partial charge in [0, 0.05) is 26.0 Å². The molecule has 1 aliphatic rings. The van der Waals surface area contributed by atoms with Crippen LogP contribution in [-0.4, -0.2) is 56.0 Å². The highest BCUT2D eigenvalue weighted by atomic mass is 16.5. The number of rotatable bonds is 11. The molecule has 0 fully saturated rings. The summed E-state index contributed by atoms with van der Waals surface area (Å²) in [6, 6.07) is 15.2. The van der Waals surface area contributed by atoms with Crippen LogP contribution in [0.3, 0.4) is 0 Å². The first kappa shape index (κ1) is 23.3. The summed E-state index contributed by atoms with van der Waals surface area (Å²) in [5.74, 6) is -1.35. The topological polar surface area (TPSA) is 114 Å². The third kappa shape index (κ3) is 5.85. The van der Waals surface area contributed by atoms with Crippen molar-refractivity contribution in [3.8, 4) is 11.1 Å². The van der Waals surface area contributed by atoms with Gasteiger partial charge in [-0.3, -0.25) is 9.59 Å². The Labute approximate surface area is 186 Å². The molecular formula is C24H28N2O6. The molecule has 32 heavy (non-hydrogen) atoms. The van der Waals surface area contributed by atoms with Crippen molar-refractivity contribution in [2.45, 2.75) is 31.2 Å². The van der Waals surface area contributed by atoms with Crippen LogP contribution in [0.2, 0.25) is 0 Å². The Balaban J connectivity index is 1.53. The standard InChI is InChI=1S/C24H28N2O6/c1-31-15-21(23(29)25-13-7-6-12-22(27)28)26-24(30)32-14-20-18-10-4-2-8-16(18)17-9-3-5-11-19(17)20/h2-5,8-11,20-21H,6-7,12-15H2,1H3,(H,25,29)(H,26,30)(H,27,28)/t21-/m0/s1. The molecule has 2 aromatic carbocycles. The second-order valence-corrected chi connectivity index (χ2v) is 7.62. The molecule has 3 rings (SSSR count). The number of hydrogen-bond acceptors (Lipinski definition) is 5. The Morgan fingerprint density at radius 3 is 2.22 bits per heavy atom. The molecule has 3 N–H and O–H groups in total. The number of hydrogen-bond donors (Lipinski definition) is 3. The number of methoxy groups -OCH3 is 1. The fraction of sp³-hybridized carbons (Fsp3) is 0.375. The molecule has 0 saturated carbocycles. The fourth-order valence-corrected chi connectivity index (χ4v) is 3.87. The molecule has 2 aromatic rings. The predicted molar refractivity (Wildman–Crippen MR) is 118 cm³/mol. The van der Waals surface area contributed by atoms with Crippen molar-refractivity contribution >= 4 is 18.0 Å². The molecule has 0 saturated heterocycles. The van der Waals surface area contributed by atoms with Crippen molar-refractivity contribution in [1.29, 1.82) is 0 Å². The summed E-state index contributed by atoms with van der Waals surface area (Å²) in [5, 5.41) is 13.9. The molecule has 170 valence electrons. The number of amides is 2. The smallest absolute Gasteiger partial charge is 0.407 e. The van der Waals surface area contributed by atoms with Gasteiger partial charge in [-0.2, -0.15) is 0 Å². The first-order valence-corrected chi connectivity index (χ1v) is 10.6. The number of carbonyl (C=O) groups is 3. The monoisotopic (exact) mass is 440 g/mol. The lowest BCUT2D eigenvalue weighted by molar-refractivity contribution is -0.137. The van der Waals surface area contributed by atoms with Crippen LogP contribution in [0.15, 0.2) is 48.5 Å². The Bertz CT molecular complexity index is 916. The molecule has 1 aliphatic carbocycles. The number of carboxylic acids is 1. The average molecular weight is 440 g/mol. The minimum absolute atomic E-state index is 0.00878. The molecule has 0 heterocycles. The summed E-state index contributed by atoms with van der Waals surface area (Å²) < 4.78 is 10.5. The molecule has 0 bridgehead atoms. The zero-order valence-electron chi connectivity index (χ0n) is 18.0. The maximum atomic E-state index is 12.4. The molecule has 0 radical (unpaired) electrons. The Morgan fingerprint density at radius 2 is 1.62 bits per heavy atom. The van der Waals surface area contributed by atoms with E-state index in [1.807, 2.05) is 36.4 Å². The second kappa shape index (κ2) is 11.3. The minimum atomic E-state index is -0.907. The van der Waals surface area contributed by atoms with E-state index >= 15 is 0 Å². The third-order valence-corrected chi connectivity index (χ3v) is 5.40. The van der Waals surface area contributed by atoms with Crippen LogP contribution < -0.4 is 10.6 Å². The maximum absolute atomic E-state index is 12.4. The number of nitrogens with one attached hydrogen (secondary N) is 2. The molecule has 8 nitrogen and oxygen atoms in total. The van der Waals surface area contributed by atoms with Crippen molar-refractivity contribution in [3.63, 3.8) is 0 Å². The fourth-order valence-electron chi connectivity index (χ4n) is 3.87. The van der Waals surface area contributed by atoms with E-state index in [1.165, 1.54) is 7.11 Å². The zero-order valence-corrected chi connectivity index (χ0v) is 18.0. The molecule has 0 aromatic heterocycles. The number of carboxylic acid groups (broad SMARTS) is 1. The van der Waals surface area contributed by atoms with Gasteiger partial charge in [-0.1, -0.05) is 48.5 Å². The molecule has 0 spiro atoms. The van der Waals surface area contributed by atoms with Gasteiger partial charge < -0.3 is 25.2 Å². The van der Waals surface area contributed by atoms with Gasteiger partial charge in [-0.15, -0.1) is 0 Å². The second-order valence-electron chi connectivity index (χ2n) is 7.62. The van der Waals surface area contributed by atoms with Crippen molar-refractivity contribution in [2.24, 2.45) is 0 Å². The van der Waals surface area contributed by atoms with Gasteiger partial charge in [0.25, 0.3) is 0 Å². The third-order valence-electron chi connectivity index (χ3n) is 5.40. The van der Waals surface area contributed by atoms with Crippen LogP contribution in [-0.2, 0) is 19.1 Å². The molecule has 8 heteroatoms. The number of fused-ring (bicyclic) bond motifs is 3. The number of carbonyl (C=O) groups excluding carboxylic acids is 2. The van der Waals surface area contributed by atoms with Crippen LogP contribution >= 0.6 is 0 Å². The van der Waals surface area contributed by atoms with Gasteiger partial charge in [0.15, 0.2) is 0 Å². The van der Waals surface area contributed by atoms with E-state index in [0.717, 1.165) is 22.3 Å². The summed E-state index contributed by atoms with van der Waals surface area (Å²) in [7, 11) is 1.44. The SMILES string of the molecule is COC[C@H](NC(=O)OCC1c2ccccc2-c2ccccc21)C(=O)NCCCCC(=O)O. The molecule has 0 aliphatic heterocycles. The highest BCUT2D eigenvalue weighted by Crippen LogP contribution is 2.44. The zero-order chi connectivity index (χ0) is 22.9. The largest absolute Gasteiger partial charge is 0.481 e. The number of unbranched alkanes of at least 4 members (excludes halogenated alkanes) is 1. The van der Waals surface area contributed by atoms with E-state index in [1.54, 1.807) is 0 Å². The van der Waals surface area contributed by atoms with Crippen LogP contribution in [0.25, 0.3) is 11.1 Å². The predicted octanol–water partition coefficient (Wildman–Crippen LogP) is 2.91. The summed E-state index contributed by atoms with van der Waals surface area (Å²) in [6.45, 7) is 0.459. The van der Waals surface area contributed by atoms with Gasteiger partial charge in [-0.25, -0.2) is 4.79 Å². The highest BCUT2D eigenvalue weighted by Gasteiger charge is 2.29. The Kier molecular flexibility index (Phi) is 8.21. The first-order valence-electron chi connectivity index (χ1n) is 10.6. The summed E-state index contributed by atoms with van der Waals surface area (Å²) in [6.07, 6.45) is 0.345. The van der Waals surface area contributed by atoms with Crippen molar-refractivity contribution in [3.05, 3.63) is 59.7 Å². The number of alkyl carbamates (subject to hydrolysis) is 1. The van der Waals surface area contributed by atoms with Gasteiger partial charge in [0.1, 0.15) is 12.6 Å². The van der Waals surface area contributed by atoms with E-state index in [9.17, 15) is 14.4 Å². The van der Waals surface area contributed by atoms with Crippen LogP contribution in [0.4, 0.5) is 4.79 Å². The van der Waals surface area contributed by atoms with E-state index in [2.05, 4.69) is 22.8 Å². The number of ether oxygens (including phenoxy) is 2. The summed E-state index contributed by atoms with van der Waals surface area (Å²) in [5.41, 5.74) is 4.48. The average Bonchev–Trinajstić information content (AvgIpc) is 3.10. The summed E-state index contributed by atoms with van der Waals surface area (Å²) >= 11 is 0. The van der Waals surface area contributed by atoms with Gasteiger partial charge in [-0.05, 0) is 35.1 Å². The first-order chi connectivity index (χ1) is 15.5. The van der Waals surface area contributed by atoms with E-state index in [0.29, 0.717) is 19.4 Å². The molecule has 0 unspecified atom stereocenters. The highest BCUT2D eigenvalue weighted by molar-refractivity contribution is 5.86. The Hall–Kier alpha value is -3.39. The number of benzene rings is 2. The van der Waals surface area contributed by atoms with Crippen LogP contribution in [0, 0.1) is 0 Å². The Morgan fingerprint density at radius 1 is 1.00 bits per heavy atom. The normalized spacial score (nSPS) is 13.0.